The molecule has 1 N–H and O–H groups in total. The highest BCUT2D eigenvalue weighted by Gasteiger charge is 2.17. The van der Waals surface area contributed by atoms with E-state index in [0.717, 1.165) is 26.1 Å². The van der Waals surface area contributed by atoms with E-state index in [0.29, 0.717) is 12.5 Å². The summed E-state index contributed by atoms with van der Waals surface area (Å²) in [6, 6.07) is 7.15. The van der Waals surface area contributed by atoms with Gasteiger partial charge in [0.1, 0.15) is 0 Å². The van der Waals surface area contributed by atoms with Crippen LogP contribution < -0.4 is 10.2 Å². The Labute approximate surface area is 116 Å². The molecule has 1 aliphatic heterocycles. The molecule has 2 rings (SSSR count). The SMILES string of the molecule is CCNC(C)c1ccc2c(c1)CCCN2CCCF. The number of fused-ring (bicyclic) bond motifs is 1. The summed E-state index contributed by atoms with van der Waals surface area (Å²) in [6.45, 7) is 7.01. The van der Waals surface area contributed by atoms with E-state index in [9.17, 15) is 4.39 Å². The zero-order chi connectivity index (χ0) is 13.7. The summed E-state index contributed by atoms with van der Waals surface area (Å²) < 4.78 is 12.3. The van der Waals surface area contributed by atoms with E-state index in [4.69, 9.17) is 0 Å². The molecule has 3 heteroatoms. The van der Waals surface area contributed by atoms with Crippen molar-refractivity contribution < 1.29 is 4.39 Å². The van der Waals surface area contributed by atoms with Crippen LogP contribution >= 0.6 is 0 Å². The van der Waals surface area contributed by atoms with Crippen molar-refractivity contribution in [3.8, 4) is 0 Å². The second-order valence-corrected chi connectivity index (χ2v) is 5.30. The first-order chi connectivity index (χ1) is 9.26. The lowest BCUT2D eigenvalue weighted by Gasteiger charge is -2.32. The molecule has 2 nitrogen and oxygen atoms in total. The average molecular weight is 264 g/mol. The van der Waals surface area contributed by atoms with Crippen molar-refractivity contribution >= 4 is 5.69 Å². The number of halogens is 1. The molecule has 1 aromatic rings. The first-order valence-electron chi connectivity index (χ1n) is 7.43. The van der Waals surface area contributed by atoms with Crippen LogP contribution in [0.3, 0.4) is 0 Å². The van der Waals surface area contributed by atoms with Gasteiger partial charge >= 0.3 is 0 Å². The van der Waals surface area contributed by atoms with E-state index >= 15 is 0 Å². The molecule has 1 heterocycles. The molecule has 0 radical (unpaired) electrons. The van der Waals surface area contributed by atoms with Crippen molar-refractivity contribution in [2.24, 2.45) is 0 Å². The number of aryl methyl sites for hydroxylation is 1. The number of benzene rings is 1. The third kappa shape index (κ3) is 3.47. The molecule has 1 unspecified atom stereocenters. The van der Waals surface area contributed by atoms with Crippen LogP contribution in [0.25, 0.3) is 0 Å². The first-order valence-corrected chi connectivity index (χ1v) is 7.43. The topological polar surface area (TPSA) is 15.3 Å². The predicted octanol–water partition coefficient (Wildman–Crippen LogP) is 3.47. The Morgan fingerprint density at radius 3 is 3.00 bits per heavy atom. The summed E-state index contributed by atoms with van der Waals surface area (Å²) in [5, 5.41) is 3.45. The summed E-state index contributed by atoms with van der Waals surface area (Å²) in [5.74, 6) is 0. The minimum absolute atomic E-state index is 0.221. The van der Waals surface area contributed by atoms with Crippen molar-refractivity contribution in [2.45, 2.75) is 39.2 Å². The van der Waals surface area contributed by atoms with E-state index in [1.54, 1.807) is 0 Å². The molecule has 0 amide bonds. The Hall–Kier alpha value is -1.09. The van der Waals surface area contributed by atoms with Gasteiger partial charge in [0.05, 0.1) is 6.67 Å². The van der Waals surface area contributed by atoms with Crippen LogP contribution in [0.15, 0.2) is 18.2 Å². The molecular weight excluding hydrogens is 239 g/mol. The Morgan fingerprint density at radius 2 is 2.26 bits per heavy atom. The number of hydrogen-bond acceptors (Lipinski definition) is 2. The highest BCUT2D eigenvalue weighted by atomic mass is 19.1. The van der Waals surface area contributed by atoms with Crippen molar-refractivity contribution in [3.63, 3.8) is 0 Å². The van der Waals surface area contributed by atoms with Crippen LogP contribution in [0.4, 0.5) is 10.1 Å². The fourth-order valence-corrected chi connectivity index (χ4v) is 2.87. The summed E-state index contributed by atoms with van der Waals surface area (Å²) in [4.78, 5) is 2.33. The van der Waals surface area contributed by atoms with Gasteiger partial charge in [-0.3, -0.25) is 4.39 Å². The smallest absolute Gasteiger partial charge is 0.0911 e. The van der Waals surface area contributed by atoms with Crippen LogP contribution in [0.1, 0.15) is 43.9 Å². The largest absolute Gasteiger partial charge is 0.371 e. The Kier molecular flexibility index (Phi) is 5.20. The molecule has 0 saturated heterocycles. The Balaban J connectivity index is 2.15. The van der Waals surface area contributed by atoms with Gasteiger partial charge in [0.2, 0.25) is 0 Å². The second kappa shape index (κ2) is 6.90. The number of alkyl halides is 1. The zero-order valence-corrected chi connectivity index (χ0v) is 12.1. The minimum Gasteiger partial charge on any atom is -0.371 e. The molecule has 0 saturated carbocycles. The summed E-state index contributed by atoms with van der Waals surface area (Å²) >= 11 is 0. The standard InChI is InChI=1S/C16H25FN2/c1-3-18-13(2)14-7-8-16-15(12-14)6-4-10-19(16)11-5-9-17/h7-8,12-13,18H,3-6,9-11H2,1-2H3. The lowest BCUT2D eigenvalue weighted by molar-refractivity contribution is 0.468. The van der Waals surface area contributed by atoms with Gasteiger partial charge in [-0.25, -0.2) is 0 Å². The second-order valence-electron chi connectivity index (χ2n) is 5.30. The van der Waals surface area contributed by atoms with Crippen molar-refractivity contribution in [1.82, 2.24) is 5.32 Å². The summed E-state index contributed by atoms with van der Waals surface area (Å²) in [7, 11) is 0. The number of anilines is 1. The van der Waals surface area contributed by atoms with E-state index in [2.05, 4.69) is 42.3 Å². The van der Waals surface area contributed by atoms with E-state index in [1.807, 2.05) is 0 Å². The number of hydrogen-bond donors (Lipinski definition) is 1. The highest BCUT2D eigenvalue weighted by molar-refractivity contribution is 5.57. The van der Waals surface area contributed by atoms with Gasteiger partial charge in [-0.05, 0) is 49.9 Å². The Bertz CT molecular complexity index is 406. The van der Waals surface area contributed by atoms with E-state index < -0.39 is 0 Å². The lowest BCUT2D eigenvalue weighted by atomic mass is 9.96. The molecule has 0 bridgehead atoms. The van der Waals surface area contributed by atoms with Gasteiger partial charge in [-0.15, -0.1) is 0 Å². The van der Waals surface area contributed by atoms with Crippen LogP contribution in [0.2, 0.25) is 0 Å². The maximum absolute atomic E-state index is 12.3. The fourth-order valence-electron chi connectivity index (χ4n) is 2.87. The maximum atomic E-state index is 12.3. The van der Waals surface area contributed by atoms with Crippen molar-refractivity contribution in [2.75, 3.05) is 31.2 Å². The predicted molar refractivity (Wildman–Crippen MR) is 79.7 cm³/mol. The molecule has 0 aliphatic carbocycles. The molecule has 0 spiro atoms. The molecule has 19 heavy (non-hydrogen) atoms. The Morgan fingerprint density at radius 1 is 1.42 bits per heavy atom. The summed E-state index contributed by atoms with van der Waals surface area (Å²) in [6.07, 6.45) is 2.96. The van der Waals surface area contributed by atoms with Crippen LogP contribution in [0, 0.1) is 0 Å². The lowest BCUT2D eigenvalue weighted by Crippen LogP contribution is -2.30. The molecule has 0 aromatic heterocycles. The van der Waals surface area contributed by atoms with Gasteiger partial charge in [0, 0.05) is 24.8 Å². The molecule has 1 atom stereocenters. The van der Waals surface area contributed by atoms with Gasteiger partial charge in [0.25, 0.3) is 0 Å². The third-order valence-corrected chi connectivity index (χ3v) is 3.89. The normalized spacial score (nSPS) is 16.3. The monoisotopic (exact) mass is 264 g/mol. The first kappa shape index (κ1) is 14.3. The molecular formula is C16H25FN2. The van der Waals surface area contributed by atoms with E-state index in [1.165, 1.54) is 23.2 Å². The maximum Gasteiger partial charge on any atom is 0.0911 e. The quantitative estimate of drug-likeness (QED) is 0.846. The van der Waals surface area contributed by atoms with Crippen molar-refractivity contribution in [1.29, 1.82) is 0 Å². The molecule has 106 valence electrons. The summed E-state index contributed by atoms with van der Waals surface area (Å²) in [5.41, 5.74) is 4.09. The molecule has 0 fully saturated rings. The average Bonchev–Trinajstić information content (AvgIpc) is 2.44. The molecule has 1 aliphatic rings. The minimum atomic E-state index is -0.221. The van der Waals surface area contributed by atoms with Crippen LogP contribution in [-0.2, 0) is 6.42 Å². The fraction of sp³-hybridized carbons (Fsp3) is 0.625. The van der Waals surface area contributed by atoms with Gasteiger partial charge in [-0.2, -0.15) is 0 Å². The van der Waals surface area contributed by atoms with Crippen LogP contribution in [-0.4, -0.2) is 26.3 Å². The van der Waals surface area contributed by atoms with Gasteiger partial charge in [-0.1, -0.05) is 19.1 Å². The number of nitrogens with one attached hydrogen (secondary N) is 1. The van der Waals surface area contributed by atoms with E-state index in [-0.39, 0.29) is 6.67 Å². The van der Waals surface area contributed by atoms with Gasteiger partial charge in [0.15, 0.2) is 0 Å². The number of rotatable bonds is 6. The zero-order valence-electron chi connectivity index (χ0n) is 12.1. The molecule has 1 aromatic carbocycles. The number of nitrogens with zero attached hydrogens (tertiary/aromatic N) is 1. The van der Waals surface area contributed by atoms with Crippen molar-refractivity contribution in [3.05, 3.63) is 29.3 Å². The van der Waals surface area contributed by atoms with Crippen LogP contribution in [0.5, 0.6) is 0 Å². The van der Waals surface area contributed by atoms with Gasteiger partial charge < -0.3 is 10.2 Å². The highest BCUT2D eigenvalue weighted by Crippen LogP contribution is 2.29. The third-order valence-electron chi connectivity index (χ3n) is 3.89.